The monoisotopic (exact) mass is 177 g/mol. The second-order valence-electron chi connectivity index (χ2n) is 2.06. The van der Waals surface area contributed by atoms with E-state index in [9.17, 15) is 0 Å². The minimum atomic E-state index is 0.0471. The third kappa shape index (κ3) is 0.805. The van der Waals surface area contributed by atoms with Crippen molar-refractivity contribution < 1.29 is 0 Å². The van der Waals surface area contributed by atoms with Gasteiger partial charge < -0.3 is 0 Å². The van der Waals surface area contributed by atoms with E-state index >= 15 is 0 Å². The van der Waals surface area contributed by atoms with Crippen LogP contribution in [0.2, 0.25) is 0 Å². The van der Waals surface area contributed by atoms with Gasteiger partial charge in [0.15, 0.2) is 5.49 Å². The predicted molar refractivity (Wildman–Crippen MR) is 41.4 cm³/mol. The van der Waals surface area contributed by atoms with Gasteiger partial charge in [-0.15, -0.1) is 21.5 Å². The van der Waals surface area contributed by atoms with Crippen LogP contribution in [0.4, 0.5) is 0 Å². The molecule has 1 N–H and O–H groups in total. The number of nitriles is 1. The first-order valence-electron chi connectivity index (χ1n) is 3.10. The van der Waals surface area contributed by atoms with Crippen LogP contribution in [0.1, 0.15) is 5.69 Å². The molecule has 58 valence electrons. The van der Waals surface area contributed by atoms with E-state index in [1.165, 1.54) is 15.7 Å². The summed E-state index contributed by atoms with van der Waals surface area (Å²) in [5.41, 5.74) is 0.134. The van der Waals surface area contributed by atoms with E-state index in [2.05, 4.69) is 10.2 Å². The van der Waals surface area contributed by atoms with E-state index in [4.69, 9.17) is 10.7 Å². The van der Waals surface area contributed by atoms with Crippen molar-refractivity contribution in [1.82, 2.24) is 14.6 Å². The van der Waals surface area contributed by atoms with E-state index in [0.29, 0.717) is 4.96 Å². The van der Waals surface area contributed by atoms with Gasteiger partial charge in [-0.2, -0.15) is 5.26 Å². The third-order valence-electron chi connectivity index (χ3n) is 1.40. The van der Waals surface area contributed by atoms with Crippen molar-refractivity contribution >= 4 is 16.3 Å². The van der Waals surface area contributed by atoms with Crippen LogP contribution in [0.3, 0.4) is 0 Å². The molecule has 5 nitrogen and oxygen atoms in total. The van der Waals surface area contributed by atoms with Gasteiger partial charge in [0.2, 0.25) is 10.7 Å². The smallest absolute Gasteiger partial charge is 0.216 e. The maximum absolute atomic E-state index is 8.53. The van der Waals surface area contributed by atoms with Crippen LogP contribution >= 0.6 is 11.3 Å². The van der Waals surface area contributed by atoms with E-state index < -0.39 is 0 Å². The van der Waals surface area contributed by atoms with E-state index in [1.54, 1.807) is 17.6 Å². The normalized spacial score (nSPS) is 9.92. The highest BCUT2D eigenvalue weighted by Crippen LogP contribution is 2.03. The molecular formula is C6H3N5S. The largest absolute Gasteiger partial charge is 0.281 e. The lowest BCUT2D eigenvalue weighted by Crippen LogP contribution is -2.18. The molecule has 0 spiro atoms. The van der Waals surface area contributed by atoms with Gasteiger partial charge in [0.25, 0.3) is 0 Å². The molecule has 0 radical (unpaired) electrons. The van der Waals surface area contributed by atoms with Gasteiger partial charge in [0.05, 0.1) is 0 Å². The van der Waals surface area contributed by atoms with Crippen molar-refractivity contribution in [2.45, 2.75) is 0 Å². The first-order chi connectivity index (χ1) is 5.83. The Morgan fingerprint density at radius 1 is 1.58 bits per heavy atom. The van der Waals surface area contributed by atoms with Gasteiger partial charge in [0, 0.05) is 11.6 Å². The Balaban J connectivity index is 3.00. The van der Waals surface area contributed by atoms with E-state index in [1.807, 2.05) is 0 Å². The number of nitrogens with one attached hydrogen (secondary N) is 1. The number of rotatable bonds is 0. The quantitative estimate of drug-likeness (QED) is 0.621. The molecule has 0 aromatic carbocycles. The zero-order valence-corrected chi connectivity index (χ0v) is 6.67. The molecule has 0 saturated carbocycles. The van der Waals surface area contributed by atoms with Gasteiger partial charge in [-0.05, 0) is 0 Å². The summed E-state index contributed by atoms with van der Waals surface area (Å²) in [5, 5.41) is 25.2. The maximum atomic E-state index is 8.53. The molecule has 0 aliphatic rings. The average Bonchev–Trinajstić information content (AvgIpc) is 2.53. The van der Waals surface area contributed by atoms with Crippen molar-refractivity contribution in [3.63, 3.8) is 0 Å². The number of hydrogen-bond acceptors (Lipinski definition) is 5. The Bertz CT molecular complexity index is 516. The highest BCUT2D eigenvalue weighted by atomic mass is 32.1. The number of aromatic nitrogens is 3. The van der Waals surface area contributed by atoms with Crippen LogP contribution in [0.15, 0.2) is 11.6 Å². The van der Waals surface area contributed by atoms with Gasteiger partial charge in [-0.1, -0.05) is 0 Å². The van der Waals surface area contributed by atoms with Crippen LogP contribution in [0.25, 0.3) is 4.96 Å². The van der Waals surface area contributed by atoms with Crippen molar-refractivity contribution in [2.24, 2.45) is 0 Å². The average molecular weight is 177 g/mol. The zero-order valence-electron chi connectivity index (χ0n) is 5.85. The molecule has 0 atom stereocenters. The molecular weight excluding hydrogens is 174 g/mol. The summed E-state index contributed by atoms with van der Waals surface area (Å²) in [4.78, 5) is 0.624. The highest BCUT2D eigenvalue weighted by Gasteiger charge is 2.01. The summed E-state index contributed by atoms with van der Waals surface area (Å²) >= 11 is 1.38. The Labute approximate surface area is 71.1 Å². The van der Waals surface area contributed by atoms with Gasteiger partial charge in [0.1, 0.15) is 6.07 Å². The van der Waals surface area contributed by atoms with Crippen molar-refractivity contribution in [3.05, 3.63) is 22.8 Å². The van der Waals surface area contributed by atoms with Crippen LogP contribution < -0.4 is 5.49 Å². The number of hydrogen-bond donors (Lipinski definition) is 1. The SMILES string of the molecule is N#Cc1nnc2sccn2c1=N. The number of thiazole rings is 1. The predicted octanol–water partition coefficient (Wildman–Crippen LogP) is 0.142. The molecule has 2 rings (SSSR count). The number of nitrogens with zero attached hydrogens (tertiary/aromatic N) is 4. The summed E-state index contributed by atoms with van der Waals surface area (Å²) in [6.07, 6.45) is 1.69. The molecule has 0 aliphatic carbocycles. The third-order valence-corrected chi connectivity index (χ3v) is 2.14. The fourth-order valence-electron chi connectivity index (χ4n) is 0.844. The fraction of sp³-hybridized carbons (Fsp3) is 0. The zero-order chi connectivity index (χ0) is 8.55. The molecule has 0 unspecified atom stereocenters. The second kappa shape index (κ2) is 2.39. The highest BCUT2D eigenvalue weighted by molar-refractivity contribution is 7.15. The van der Waals surface area contributed by atoms with Gasteiger partial charge >= 0.3 is 0 Å². The molecule has 0 bridgehead atoms. The molecule has 2 aromatic heterocycles. The minimum Gasteiger partial charge on any atom is -0.281 e. The lowest BCUT2D eigenvalue weighted by atomic mass is 10.5. The number of fused-ring (bicyclic) bond motifs is 1. The Morgan fingerprint density at radius 3 is 3.17 bits per heavy atom. The Morgan fingerprint density at radius 2 is 2.42 bits per heavy atom. The van der Waals surface area contributed by atoms with Crippen molar-refractivity contribution in [1.29, 1.82) is 10.7 Å². The Kier molecular flexibility index (Phi) is 1.38. The molecule has 0 aliphatic heterocycles. The van der Waals surface area contributed by atoms with E-state index in [-0.39, 0.29) is 11.2 Å². The minimum absolute atomic E-state index is 0.0471. The lowest BCUT2D eigenvalue weighted by molar-refractivity contribution is 0.890. The molecule has 0 saturated heterocycles. The van der Waals surface area contributed by atoms with Crippen LogP contribution in [-0.4, -0.2) is 14.6 Å². The van der Waals surface area contributed by atoms with Gasteiger partial charge in [-0.3, -0.25) is 9.81 Å². The first kappa shape index (κ1) is 6.94. The fourth-order valence-corrected chi connectivity index (χ4v) is 1.50. The van der Waals surface area contributed by atoms with Crippen LogP contribution in [0, 0.1) is 16.7 Å². The molecule has 6 heteroatoms. The summed E-state index contributed by atoms with van der Waals surface area (Å²) in [5.74, 6) is 0. The summed E-state index contributed by atoms with van der Waals surface area (Å²) < 4.78 is 1.52. The molecule has 0 fully saturated rings. The lowest BCUT2D eigenvalue weighted by Gasteiger charge is -1.91. The van der Waals surface area contributed by atoms with E-state index in [0.717, 1.165) is 0 Å². The van der Waals surface area contributed by atoms with Crippen LogP contribution in [0.5, 0.6) is 0 Å². The molecule has 0 amide bonds. The van der Waals surface area contributed by atoms with Crippen LogP contribution in [-0.2, 0) is 0 Å². The molecule has 12 heavy (non-hydrogen) atoms. The summed E-state index contributed by atoms with van der Waals surface area (Å²) in [6.45, 7) is 0. The Hall–Kier alpha value is -1.74. The standard InChI is InChI=1S/C6H3N5S/c7-3-4-5(8)11-1-2-12-6(11)10-9-4/h1-2,8H. The molecule has 2 heterocycles. The summed E-state index contributed by atoms with van der Waals surface area (Å²) in [6, 6.07) is 1.80. The maximum Gasteiger partial charge on any atom is 0.216 e. The molecule has 2 aromatic rings. The topological polar surface area (TPSA) is 77.8 Å². The van der Waals surface area contributed by atoms with Crippen molar-refractivity contribution in [3.8, 4) is 6.07 Å². The first-order valence-corrected chi connectivity index (χ1v) is 3.98. The van der Waals surface area contributed by atoms with Crippen molar-refractivity contribution in [2.75, 3.05) is 0 Å². The van der Waals surface area contributed by atoms with Gasteiger partial charge in [-0.25, -0.2) is 0 Å². The second-order valence-corrected chi connectivity index (χ2v) is 2.94. The summed E-state index contributed by atoms with van der Waals surface area (Å²) in [7, 11) is 0.